The van der Waals surface area contributed by atoms with Gasteiger partial charge in [-0.3, -0.25) is 0 Å². The number of nitrogens with two attached hydrogens (primary N) is 1. The Kier molecular flexibility index (Phi) is 4.03. The average molecular weight is 282 g/mol. The highest BCUT2D eigenvalue weighted by Gasteiger charge is 2.14. The number of hydrogen-bond acceptors (Lipinski definition) is 5. The first-order valence-electron chi connectivity index (χ1n) is 5.55. The Balaban J connectivity index is 1.83. The zero-order valence-electron chi connectivity index (χ0n) is 10.0. The van der Waals surface area contributed by atoms with Crippen molar-refractivity contribution in [1.82, 2.24) is 14.7 Å². The van der Waals surface area contributed by atoms with Crippen molar-refractivity contribution >= 4 is 15.7 Å². The summed E-state index contributed by atoms with van der Waals surface area (Å²) in [4.78, 5) is 6.18. The number of nitrogens with one attached hydrogen (secondary N) is 2. The van der Waals surface area contributed by atoms with Crippen LogP contribution in [0.5, 0.6) is 5.75 Å². The third-order valence-electron chi connectivity index (χ3n) is 2.33. The van der Waals surface area contributed by atoms with Crippen LogP contribution >= 0.6 is 0 Å². The second-order valence-corrected chi connectivity index (χ2v) is 5.44. The minimum absolute atomic E-state index is 0.0201. The van der Waals surface area contributed by atoms with Crippen LogP contribution in [0.15, 0.2) is 41.8 Å². The first-order valence-corrected chi connectivity index (χ1v) is 7.03. The summed E-state index contributed by atoms with van der Waals surface area (Å²) in [5.41, 5.74) is 6.20. The molecule has 0 atom stereocenters. The first kappa shape index (κ1) is 13.4. The topological polar surface area (TPSA) is 110 Å². The molecule has 102 valence electrons. The maximum atomic E-state index is 11.7. The van der Waals surface area contributed by atoms with E-state index in [-0.39, 0.29) is 18.2 Å². The van der Waals surface area contributed by atoms with Gasteiger partial charge in [0, 0.05) is 6.54 Å². The van der Waals surface area contributed by atoms with Crippen LogP contribution in [0, 0.1) is 0 Å². The number of nitrogen functional groups attached to an aromatic ring is 1. The molecule has 0 aliphatic carbocycles. The highest BCUT2D eigenvalue weighted by Crippen LogP contribution is 2.19. The Bertz CT molecular complexity index is 625. The monoisotopic (exact) mass is 282 g/mol. The van der Waals surface area contributed by atoms with Crippen molar-refractivity contribution < 1.29 is 13.2 Å². The van der Waals surface area contributed by atoms with E-state index in [1.807, 2.05) is 0 Å². The summed E-state index contributed by atoms with van der Waals surface area (Å²) in [5.74, 6) is 0.531. The smallest absolute Gasteiger partial charge is 0.257 e. The molecule has 0 unspecified atom stereocenters. The Morgan fingerprint density at radius 3 is 2.84 bits per heavy atom. The van der Waals surface area contributed by atoms with Crippen LogP contribution in [0.1, 0.15) is 0 Å². The van der Waals surface area contributed by atoms with Crippen LogP contribution in [0.2, 0.25) is 0 Å². The molecule has 8 heteroatoms. The minimum Gasteiger partial charge on any atom is -0.490 e. The molecule has 0 amide bonds. The van der Waals surface area contributed by atoms with Gasteiger partial charge in [-0.1, -0.05) is 12.1 Å². The maximum Gasteiger partial charge on any atom is 0.257 e. The standard InChI is InChI=1S/C11H14N4O3S/c12-9-3-1-2-4-10(9)18-6-5-15-19(16,17)11-7-13-8-14-11/h1-4,7-8,15H,5-6,12H2,(H,13,14). The van der Waals surface area contributed by atoms with Crippen molar-refractivity contribution in [3.8, 4) is 5.75 Å². The summed E-state index contributed by atoms with van der Waals surface area (Å²) < 4.78 is 31.2. The Labute approximate surface area is 110 Å². The molecule has 4 N–H and O–H groups in total. The zero-order valence-corrected chi connectivity index (χ0v) is 10.9. The van der Waals surface area contributed by atoms with Crippen LogP contribution in [0.4, 0.5) is 5.69 Å². The third kappa shape index (κ3) is 3.46. The molecule has 2 aromatic rings. The summed E-state index contributed by atoms with van der Waals surface area (Å²) >= 11 is 0. The summed E-state index contributed by atoms with van der Waals surface area (Å²) in [7, 11) is -3.56. The van der Waals surface area contributed by atoms with Gasteiger partial charge in [-0.05, 0) is 12.1 Å². The molecule has 0 aliphatic rings. The van der Waals surface area contributed by atoms with Crippen LogP contribution in [-0.2, 0) is 10.0 Å². The molecule has 0 spiro atoms. The lowest BCUT2D eigenvalue weighted by Gasteiger charge is -2.09. The van der Waals surface area contributed by atoms with Gasteiger partial charge in [0.15, 0.2) is 5.03 Å². The van der Waals surface area contributed by atoms with E-state index in [2.05, 4.69) is 14.7 Å². The number of aromatic amines is 1. The van der Waals surface area contributed by atoms with Gasteiger partial charge in [0.05, 0.1) is 18.2 Å². The number of H-pyrrole nitrogens is 1. The number of anilines is 1. The summed E-state index contributed by atoms with van der Waals surface area (Å²) in [5, 5.41) is 0.0201. The molecule has 7 nitrogen and oxygen atoms in total. The molecule has 0 bridgehead atoms. The third-order valence-corrected chi connectivity index (χ3v) is 3.72. The fourth-order valence-corrected chi connectivity index (χ4v) is 2.33. The van der Waals surface area contributed by atoms with Gasteiger partial charge in [0.2, 0.25) is 0 Å². The molecule has 2 rings (SSSR count). The highest BCUT2D eigenvalue weighted by atomic mass is 32.2. The van der Waals surface area contributed by atoms with Crippen LogP contribution in [-0.4, -0.2) is 31.5 Å². The van der Waals surface area contributed by atoms with Crippen molar-refractivity contribution in [1.29, 1.82) is 0 Å². The number of aromatic nitrogens is 2. The predicted molar refractivity (Wildman–Crippen MR) is 70.1 cm³/mol. The quantitative estimate of drug-likeness (QED) is 0.523. The Morgan fingerprint density at radius 2 is 2.16 bits per heavy atom. The second-order valence-electron chi connectivity index (χ2n) is 3.70. The van der Waals surface area contributed by atoms with Crippen molar-refractivity contribution in [2.75, 3.05) is 18.9 Å². The lowest BCUT2D eigenvalue weighted by atomic mass is 10.3. The molecule has 0 saturated heterocycles. The summed E-state index contributed by atoms with van der Waals surface area (Å²) in [6, 6.07) is 7.02. The molecule has 1 heterocycles. The number of hydrogen-bond donors (Lipinski definition) is 3. The maximum absolute atomic E-state index is 11.7. The fraction of sp³-hybridized carbons (Fsp3) is 0.182. The molecule has 0 saturated carbocycles. The number of imidazole rings is 1. The van der Waals surface area contributed by atoms with Gasteiger partial charge in [-0.15, -0.1) is 0 Å². The zero-order chi connectivity index (χ0) is 13.7. The summed E-state index contributed by atoms with van der Waals surface area (Å²) in [6.07, 6.45) is 2.54. The molecule has 0 fully saturated rings. The van der Waals surface area contributed by atoms with Gasteiger partial charge in [-0.25, -0.2) is 18.1 Å². The molecule has 1 aromatic carbocycles. The van der Waals surface area contributed by atoms with E-state index in [0.717, 1.165) is 0 Å². The number of benzene rings is 1. The predicted octanol–water partition coefficient (Wildman–Crippen LogP) is 0.349. The Hall–Kier alpha value is -2.06. The van der Waals surface area contributed by atoms with Crippen LogP contribution < -0.4 is 15.2 Å². The number of para-hydroxylation sites is 2. The minimum atomic E-state index is -3.56. The van der Waals surface area contributed by atoms with Gasteiger partial charge in [-0.2, -0.15) is 0 Å². The van der Waals surface area contributed by atoms with Crippen molar-refractivity contribution in [3.05, 3.63) is 36.8 Å². The lowest BCUT2D eigenvalue weighted by molar-refractivity contribution is 0.324. The summed E-state index contributed by atoms with van der Waals surface area (Å²) in [6.45, 7) is 0.317. The largest absolute Gasteiger partial charge is 0.490 e. The first-order chi connectivity index (χ1) is 9.09. The van der Waals surface area contributed by atoms with Crippen LogP contribution in [0.25, 0.3) is 0 Å². The van der Waals surface area contributed by atoms with E-state index in [1.54, 1.807) is 24.3 Å². The number of sulfonamides is 1. The molecule has 1 aromatic heterocycles. The molecular weight excluding hydrogens is 268 g/mol. The lowest BCUT2D eigenvalue weighted by Crippen LogP contribution is -2.28. The number of nitrogens with zero attached hydrogens (tertiary/aromatic N) is 1. The van der Waals surface area contributed by atoms with Crippen LogP contribution in [0.3, 0.4) is 0 Å². The second kappa shape index (κ2) is 5.72. The van der Waals surface area contributed by atoms with E-state index in [0.29, 0.717) is 11.4 Å². The van der Waals surface area contributed by atoms with E-state index < -0.39 is 10.0 Å². The molecule has 0 radical (unpaired) electrons. The van der Waals surface area contributed by atoms with E-state index in [1.165, 1.54) is 12.5 Å². The average Bonchev–Trinajstić information content (AvgIpc) is 2.91. The normalized spacial score (nSPS) is 11.4. The Morgan fingerprint density at radius 1 is 1.37 bits per heavy atom. The highest BCUT2D eigenvalue weighted by molar-refractivity contribution is 7.89. The number of ether oxygens (including phenoxy) is 1. The number of rotatable bonds is 6. The van der Waals surface area contributed by atoms with Gasteiger partial charge in [0.25, 0.3) is 10.0 Å². The molecule has 19 heavy (non-hydrogen) atoms. The van der Waals surface area contributed by atoms with E-state index >= 15 is 0 Å². The van der Waals surface area contributed by atoms with Gasteiger partial charge < -0.3 is 15.5 Å². The molecule has 0 aliphatic heterocycles. The fourth-order valence-electron chi connectivity index (χ4n) is 1.42. The van der Waals surface area contributed by atoms with Crippen molar-refractivity contribution in [3.63, 3.8) is 0 Å². The van der Waals surface area contributed by atoms with E-state index in [4.69, 9.17) is 10.5 Å². The SMILES string of the molecule is Nc1ccccc1OCCNS(=O)(=O)c1cnc[nH]1. The van der Waals surface area contributed by atoms with Gasteiger partial charge >= 0.3 is 0 Å². The van der Waals surface area contributed by atoms with Gasteiger partial charge in [0.1, 0.15) is 12.4 Å². The van der Waals surface area contributed by atoms with Crippen molar-refractivity contribution in [2.45, 2.75) is 5.03 Å². The van der Waals surface area contributed by atoms with E-state index in [9.17, 15) is 8.42 Å². The van der Waals surface area contributed by atoms with Crippen molar-refractivity contribution in [2.24, 2.45) is 0 Å². The molecular formula is C11H14N4O3S.